The number of allylic oxidation sites excluding steroid dienone is 2. The lowest BCUT2D eigenvalue weighted by atomic mass is 9.86. The third-order valence-electron chi connectivity index (χ3n) is 4.76. The molecule has 0 spiro atoms. The first kappa shape index (κ1) is 22.5. The van der Waals surface area contributed by atoms with Crippen molar-refractivity contribution >= 4 is 23.5 Å². The minimum absolute atomic E-state index is 0.250. The normalized spacial score (nSPS) is 15.7. The van der Waals surface area contributed by atoms with Gasteiger partial charge in [0.05, 0.1) is 25.9 Å². The van der Waals surface area contributed by atoms with Gasteiger partial charge in [0.1, 0.15) is 5.69 Å². The number of ether oxygens (including phenoxy) is 2. The van der Waals surface area contributed by atoms with Gasteiger partial charge in [-0.05, 0) is 30.7 Å². The lowest BCUT2D eigenvalue weighted by molar-refractivity contribution is -0.136. The monoisotopic (exact) mass is 441 g/mol. The molecule has 1 aliphatic rings. The Balaban J connectivity index is 1.62. The molecule has 0 radical (unpaired) electrons. The SMILES string of the molecule is COC(=O)C1=C(C)NC(COCCNC(=O)c2ccccn2)=CC1c1ccccc1Cl. The van der Waals surface area contributed by atoms with Gasteiger partial charge < -0.3 is 20.1 Å². The topological polar surface area (TPSA) is 89.5 Å². The summed E-state index contributed by atoms with van der Waals surface area (Å²) in [6.45, 7) is 2.77. The Bertz CT molecular complexity index is 1000. The third-order valence-corrected chi connectivity index (χ3v) is 5.11. The molecule has 0 fully saturated rings. The van der Waals surface area contributed by atoms with E-state index < -0.39 is 5.97 Å². The van der Waals surface area contributed by atoms with E-state index in [1.165, 1.54) is 7.11 Å². The fourth-order valence-electron chi connectivity index (χ4n) is 3.32. The summed E-state index contributed by atoms with van der Waals surface area (Å²) in [6, 6.07) is 12.6. The van der Waals surface area contributed by atoms with Crippen molar-refractivity contribution in [2.45, 2.75) is 12.8 Å². The van der Waals surface area contributed by atoms with Gasteiger partial charge in [-0.3, -0.25) is 9.78 Å². The van der Waals surface area contributed by atoms with E-state index in [0.717, 1.165) is 11.3 Å². The molecule has 1 amide bonds. The molecule has 7 nitrogen and oxygen atoms in total. The van der Waals surface area contributed by atoms with Crippen molar-refractivity contribution < 1.29 is 19.1 Å². The van der Waals surface area contributed by atoms with Crippen molar-refractivity contribution in [3.05, 3.63) is 88.0 Å². The number of benzene rings is 1. The fraction of sp³-hybridized carbons (Fsp3) is 0.261. The number of nitrogens with one attached hydrogen (secondary N) is 2. The number of dihydropyridines is 1. The molecular formula is C23H24ClN3O4. The van der Waals surface area contributed by atoms with Crippen LogP contribution in [0.15, 0.2) is 71.7 Å². The van der Waals surface area contributed by atoms with Crippen LogP contribution in [0, 0.1) is 0 Å². The van der Waals surface area contributed by atoms with Crippen molar-refractivity contribution in [3.63, 3.8) is 0 Å². The summed E-state index contributed by atoms with van der Waals surface area (Å²) in [5.74, 6) is -1.02. The van der Waals surface area contributed by atoms with Gasteiger partial charge >= 0.3 is 5.97 Å². The number of aromatic nitrogens is 1. The summed E-state index contributed by atoms with van der Waals surface area (Å²) in [6.07, 6.45) is 3.48. The van der Waals surface area contributed by atoms with Crippen LogP contribution < -0.4 is 10.6 Å². The predicted octanol–water partition coefficient (Wildman–Crippen LogP) is 3.20. The molecule has 0 bridgehead atoms. The Hall–Kier alpha value is -3.16. The summed E-state index contributed by atoms with van der Waals surface area (Å²) in [7, 11) is 1.36. The van der Waals surface area contributed by atoms with Crippen LogP contribution in [0.4, 0.5) is 0 Å². The van der Waals surface area contributed by atoms with E-state index in [0.29, 0.717) is 35.1 Å². The largest absolute Gasteiger partial charge is 0.466 e. The summed E-state index contributed by atoms with van der Waals surface area (Å²) < 4.78 is 10.7. The first-order chi connectivity index (χ1) is 15.0. The first-order valence-corrected chi connectivity index (χ1v) is 10.2. The summed E-state index contributed by atoms with van der Waals surface area (Å²) in [5, 5.41) is 6.53. The van der Waals surface area contributed by atoms with Gasteiger partial charge in [0.25, 0.3) is 5.91 Å². The van der Waals surface area contributed by atoms with Gasteiger partial charge in [0.2, 0.25) is 0 Å². The van der Waals surface area contributed by atoms with E-state index in [-0.39, 0.29) is 18.4 Å². The standard InChI is InChI=1S/C23H24ClN3O4/c1-15-21(23(29)30-2)18(17-7-3-4-8-19(17)24)13-16(27-15)14-31-12-11-26-22(28)20-9-5-6-10-25-20/h3-10,13,18,27H,11-12,14H2,1-2H3,(H,26,28). The molecule has 2 aromatic rings. The molecule has 0 aliphatic carbocycles. The molecule has 0 saturated carbocycles. The number of pyridine rings is 1. The summed E-state index contributed by atoms with van der Waals surface area (Å²) in [4.78, 5) is 28.4. The predicted molar refractivity (Wildman–Crippen MR) is 118 cm³/mol. The van der Waals surface area contributed by atoms with Crippen LogP contribution in [0.5, 0.6) is 0 Å². The highest BCUT2D eigenvalue weighted by molar-refractivity contribution is 6.31. The maximum absolute atomic E-state index is 12.4. The number of carbonyl (C=O) groups is 2. The lowest BCUT2D eigenvalue weighted by Crippen LogP contribution is -2.30. The highest BCUT2D eigenvalue weighted by Crippen LogP contribution is 2.36. The molecule has 1 aliphatic heterocycles. The molecule has 2 heterocycles. The van der Waals surface area contributed by atoms with Crippen LogP contribution in [-0.2, 0) is 14.3 Å². The Morgan fingerprint density at radius 1 is 1.19 bits per heavy atom. The second-order valence-corrected chi connectivity index (χ2v) is 7.28. The molecule has 31 heavy (non-hydrogen) atoms. The number of hydrogen-bond acceptors (Lipinski definition) is 6. The van der Waals surface area contributed by atoms with Gasteiger partial charge in [0.15, 0.2) is 0 Å². The van der Waals surface area contributed by atoms with E-state index in [1.54, 1.807) is 30.5 Å². The zero-order valence-electron chi connectivity index (χ0n) is 17.4. The van der Waals surface area contributed by atoms with Crippen molar-refractivity contribution in [2.75, 3.05) is 26.9 Å². The average Bonchev–Trinajstić information content (AvgIpc) is 2.78. The Kier molecular flexibility index (Phi) is 7.81. The second-order valence-electron chi connectivity index (χ2n) is 6.87. The molecule has 1 unspecified atom stereocenters. The third kappa shape index (κ3) is 5.71. The fourth-order valence-corrected chi connectivity index (χ4v) is 3.57. The molecule has 1 atom stereocenters. The maximum Gasteiger partial charge on any atom is 0.336 e. The first-order valence-electron chi connectivity index (χ1n) is 9.79. The maximum atomic E-state index is 12.4. The molecule has 8 heteroatoms. The zero-order chi connectivity index (χ0) is 22.2. The molecule has 1 aromatic carbocycles. The number of amides is 1. The van der Waals surface area contributed by atoms with Gasteiger partial charge in [-0.25, -0.2) is 4.79 Å². The number of rotatable bonds is 8. The Morgan fingerprint density at radius 2 is 1.97 bits per heavy atom. The quantitative estimate of drug-likeness (QED) is 0.483. The Labute approximate surface area is 186 Å². The van der Waals surface area contributed by atoms with Gasteiger partial charge in [0, 0.05) is 35.1 Å². The van der Waals surface area contributed by atoms with Gasteiger partial charge in [-0.15, -0.1) is 0 Å². The van der Waals surface area contributed by atoms with Crippen LogP contribution >= 0.6 is 11.6 Å². The van der Waals surface area contributed by atoms with Gasteiger partial charge in [-0.1, -0.05) is 41.9 Å². The van der Waals surface area contributed by atoms with E-state index in [9.17, 15) is 9.59 Å². The van der Waals surface area contributed by atoms with E-state index in [1.807, 2.05) is 31.2 Å². The number of methoxy groups -OCH3 is 1. The summed E-state index contributed by atoms with van der Waals surface area (Å²) >= 11 is 6.39. The van der Waals surface area contributed by atoms with Crippen molar-refractivity contribution in [3.8, 4) is 0 Å². The number of carbonyl (C=O) groups excluding carboxylic acids is 2. The molecule has 162 valence electrons. The zero-order valence-corrected chi connectivity index (χ0v) is 18.1. The Morgan fingerprint density at radius 3 is 2.68 bits per heavy atom. The van der Waals surface area contributed by atoms with Crippen LogP contribution in [0.25, 0.3) is 0 Å². The molecule has 1 aromatic heterocycles. The van der Waals surface area contributed by atoms with Crippen LogP contribution in [-0.4, -0.2) is 43.7 Å². The smallest absolute Gasteiger partial charge is 0.336 e. The second kappa shape index (κ2) is 10.7. The number of nitrogens with zero attached hydrogens (tertiary/aromatic N) is 1. The van der Waals surface area contributed by atoms with Crippen molar-refractivity contribution in [1.82, 2.24) is 15.6 Å². The van der Waals surface area contributed by atoms with Crippen LogP contribution in [0.1, 0.15) is 28.9 Å². The van der Waals surface area contributed by atoms with E-state index >= 15 is 0 Å². The van der Waals surface area contributed by atoms with Crippen molar-refractivity contribution in [2.24, 2.45) is 0 Å². The molecule has 0 saturated heterocycles. The van der Waals surface area contributed by atoms with Gasteiger partial charge in [-0.2, -0.15) is 0 Å². The highest BCUT2D eigenvalue weighted by Gasteiger charge is 2.29. The number of esters is 1. The minimum atomic E-state index is -0.414. The average molecular weight is 442 g/mol. The van der Waals surface area contributed by atoms with Crippen LogP contribution in [0.3, 0.4) is 0 Å². The molecule has 3 rings (SSSR count). The van der Waals surface area contributed by atoms with Crippen molar-refractivity contribution in [1.29, 1.82) is 0 Å². The molecular weight excluding hydrogens is 418 g/mol. The molecule has 2 N–H and O–H groups in total. The lowest BCUT2D eigenvalue weighted by Gasteiger charge is -2.27. The van der Waals surface area contributed by atoms with Crippen LogP contribution in [0.2, 0.25) is 5.02 Å². The van der Waals surface area contributed by atoms with E-state index in [4.69, 9.17) is 21.1 Å². The minimum Gasteiger partial charge on any atom is -0.466 e. The van der Waals surface area contributed by atoms with E-state index in [2.05, 4.69) is 15.6 Å². The summed E-state index contributed by atoms with van der Waals surface area (Å²) in [5.41, 5.74) is 3.15. The number of halogens is 1. The highest BCUT2D eigenvalue weighted by atomic mass is 35.5. The number of hydrogen-bond donors (Lipinski definition) is 2.